The molecule has 3 aromatic heterocycles. The second kappa shape index (κ2) is 17.8. The van der Waals surface area contributed by atoms with Crippen molar-refractivity contribution in [1.82, 2.24) is 50.2 Å². The molecule has 0 unspecified atom stereocenters. The number of tetrazole rings is 1. The van der Waals surface area contributed by atoms with E-state index < -0.39 is 18.1 Å². The molecule has 72 heavy (non-hydrogen) atoms. The third kappa shape index (κ3) is 7.40. The van der Waals surface area contributed by atoms with Crippen molar-refractivity contribution in [1.29, 1.82) is 0 Å². The fourth-order valence-corrected chi connectivity index (χ4v) is 11.5. The number of methoxy groups -OCH3 is 1. The summed E-state index contributed by atoms with van der Waals surface area (Å²) in [5.41, 5.74) is 7.43. The highest BCUT2D eigenvalue weighted by Crippen LogP contribution is 2.54. The van der Waals surface area contributed by atoms with Gasteiger partial charge in [0.2, 0.25) is 17.6 Å². The monoisotopic (exact) mass is 965 g/mol. The van der Waals surface area contributed by atoms with Crippen LogP contribution in [0.2, 0.25) is 0 Å². The maximum Gasteiger partial charge on any atom is 0.252 e. The summed E-state index contributed by atoms with van der Waals surface area (Å²) in [5, 5.41) is 28.5. The van der Waals surface area contributed by atoms with E-state index in [1.54, 1.807) is 7.11 Å². The van der Waals surface area contributed by atoms with Crippen molar-refractivity contribution < 1.29 is 28.6 Å². The molecule has 0 aliphatic carbocycles. The summed E-state index contributed by atoms with van der Waals surface area (Å²) in [6.45, 7) is 3.56. The van der Waals surface area contributed by atoms with Crippen LogP contribution in [-0.2, 0) is 31.3 Å². The van der Waals surface area contributed by atoms with Gasteiger partial charge < -0.3 is 44.2 Å². The molecule has 17 heteroatoms. The molecule has 2 bridgehead atoms. The molecule has 3 aliphatic rings. The largest absolute Gasteiger partial charge is 0.494 e. The van der Waals surface area contributed by atoms with Crippen molar-refractivity contribution in [2.75, 3.05) is 59.4 Å². The van der Waals surface area contributed by atoms with Gasteiger partial charge in [0, 0.05) is 92.5 Å². The van der Waals surface area contributed by atoms with Crippen molar-refractivity contribution >= 4 is 77.8 Å². The molecule has 366 valence electrons. The zero-order chi connectivity index (χ0) is 49.4. The van der Waals surface area contributed by atoms with Gasteiger partial charge in [0.1, 0.15) is 18.1 Å². The van der Waals surface area contributed by atoms with Gasteiger partial charge in [0.15, 0.2) is 5.72 Å². The first-order valence-electron chi connectivity index (χ1n) is 24.5. The van der Waals surface area contributed by atoms with Crippen LogP contribution in [0.15, 0.2) is 109 Å². The Balaban J connectivity index is 0.651. The Kier molecular flexibility index (Phi) is 11.2. The van der Waals surface area contributed by atoms with E-state index in [0.717, 1.165) is 82.4 Å². The lowest BCUT2D eigenvalue weighted by Gasteiger charge is -2.50. The van der Waals surface area contributed by atoms with Crippen LogP contribution < -0.4 is 25.6 Å². The molecule has 17 nitrogen and oxygen atoms in total. The first kappa shape index (κ1) is 45.3. The molecule has 0 saturated carbocycles. The van der Waals surface area contributed by atoms with Crippen LogP contribution in [0.4, 0.5) is 5.69 Å². The average molecular weight is 966 g/mol. The number of hydrogen-bond acceptors (Lipinski definition) is 11. The fraction of sp³-hybridized carbons (Fsp3) is 0.309. The second-order valence-electron chi connectivity index (χ2n) is 19.4. The molecule has 3 aliphatic heterocycles. The van der Waals surface area contributed by atoms with Crippen LogP contribution in [0.1, 0.15) is 48.3 Å². The van der Waals surface area contributed by atoms with Crippen LogP contribution >= 0.6 is 0 Å². The number of carbonyl (C=O) groups is 3. The summed E-state index contributed by atoms with van der Waals surface area (Å²) in [6, 6.07) is 36.2. The molecule has 1 saturated heterocycles. The summed E-state index contributed by atoms with van der Waals surface area (Å²) in [4.78, 5) is 45.7. The molecule has 6 heterocycles. The number of anilines is 1. The number of aromatic nitrogens is 6. The molecule has 12 rings (SSSR count). The minimum atomic E-state index is -1.01. The van der Waals surface area contributed by atoms with Crippen molar-refractivity contribution in [3.05, 3.63) is 120 Å². The Morgan fingerprint density at radius 3 is 2.36 bits per heavy atom. The predicted molar refractivity (Wildman–Crippen MR) is 276 cm³/mol. The average Bonchev–Trinajstić information content (AvgIpc) is 4.18. The molecule has 3 N–H and O–H groups in total. The summed E-state index contributed by atoms with van der Waals surface area (Å²) in [7, 11) is 7.71. The molecular weight excluding hydrogens is 911 g/mol. The van der Waals surface area contributed by atoms with E-state index in [1.807, 2.05) is 80.6 Å². The van der Waals surface area contributed by atoms with Gasteiger partial charge in [-0.3, -0.25) is 19.3 Å². The topological polar surface area (TPSA) is 175 Å². The summed E-state index contributed by atoms with van der Waals surface area (Å²) >= 11 is 0. The number of nitrogens with one attached hydrogen (secondary N) is 3. The van der Waals surface area contributed by atoms with Crippen LogP contribution in [0.3, 0.4) is 0 Å². The van der Waals surface area contributed by atoms with Crippen LogP contribution in [-0.4, -0.2) is 119 Å². The number of nitrogens with zero attached hydrogens (tertiary/aromatic N) is 8. The number of carbonyl (C=O) groups excluding carboxylic acids is 3. The second-order valence-corrected chi connectivity index (χ2v) is 19.4. The van der Waals surface area contributed by atoms with Crippen molar-refractivity contribution in [2.45, 2.75) is 56.8 Å². The van der Waals surface area contributed by atoms with Gasteiger partial charge in [0.25, 0.3) is 5.91 Å². The maximum atomic E-state index is 13.7. The first-order valence-corrected chi connectivity index (χ1v) is 24.5. The molecule has 0 radical (unpaired) electrons. The number of benzene rings is 6. The van der Waals surface area contributed by atoms with E-state index in [4.69, 9.17) is 14.2 Å². The smallest absolute Gasteiger partial charge is 0.252 e. The van der Waals surface area contributed by atoms with Gasteiger partial charge >= 0.3 is 0 Å². The normalized spacial score (nSPS) is 19.1. The van der Waals surface area contributed by atoms with Crippen molar-refractivity contribution in [2.24, 2.45) is 0 Å². The van der Waals surface area contributed by atoms with Crippen LogP contribution in [0.5, 0.6) is 5.75 Å². The summed E-state index contributed by atoms with van der Waals surface area (Å²) in [5.74, 6) is 0.841. The van der Waals surface area contributed by atoms with Gasteiger partial charge in [-0.05, 0) is 96.5 Å². The number of hydrogen-bond donors (Lipinski definition) is 3. The third-order valence-electron chi connectivity index (χ3n) is 14.8. The van der Waals surface area contributed by atoms with Crippen molar-refractivity contribution in [3.63, 3.8) is 0 Å². The third-order valence-corrected chi connectivity index (χ3v) is 14.8. The van der Waals surface area contributed by atoms with Gasteiger partial charge in [0.05, 0.1) is 46.5 Å². The minimum Gasteiger partial charge on any atom is -0.494 e. The summed E-state index contributed by atoms with van der Waals surface area (Å²) in [6.07, 6.45) is 0.390. The minimum absolute atomic E-state index is 0.0667. The van der Waals surface area contributed by atoms with E-state index in [-0.39, 0.29) is 43.3 Å². The number of fused-ring (bicyclic) bond motifs is 14. The quantitative estimate of drug-likeness (QED) is 0.0902. The molecule has 0 spiro atoms. The van der Waals surface area contributed by atoms with E-state index in [2.05, 4.69) is 107 Å². The van der Waals surface area contributed by atoms with E-state index in [1.165, 1.54) is 4.80 Å². The Morgan fingerprint density at radius 1 is 0.861 bits per heavy atom. The molecule has 9 aromatic rings. The molecule has 1 fully saturated rings. The molecular formula is C55H55N11O6. The fourth-order valence-electron chi connectivity index (χ4n) is 11.5. The Hall–Kier alpha value is -7.86. The number of amides is 3. The maximum absolute atomic E-state index is 13.7. The van der Waals surface area contributed by atoms with Gasteiger partial charge in [-0.1, -0.05) is 54.6 Å². The van der Waals surface area contributed by atoms with Gasteiger partial charge in [-0.25, -0.2) is 0 Å². The lowest BCUT2D eigenvalue weighted by atomic mass is 9.91. The van der Waals surface area contributed by atoms with E-state index >= 15 is 0 Å². The molecule has 4 atom stereocenters. The number of para-hydroxylation sites is 2. The number of likely N-dealkylation sites (N-methyl/N-ethyl adjacent to an activating group) is 1. The summed E-state index contributed by atoms with van der Waals surface area (Å²) < 4.78 is 24.3. The van der Waals surface area contributed by atoms with E-state index in [9.17, 15) is 14.4 Å². The van der Waals surface area contributed by atoms with Crippen molar-refractivity contribution in [3.8, 4) is 22.8 Å². The Labute approximate surface area is 414 Å². The zero-order valence-electron chi connectivity index (χ0n) is 40.8. The highest BCUT2D eigenvalue weighted by atomic mass is 16.6. The lowest BCUT2D eigenvalue weighted by molar-refractivity contribution is -0.267. The molecule has 3 amide bonds. The lowest BCUT2D eigenvalue weighted by Crippen LogP contribution is -2.61. The SMILES string of the molecule is CO[C@@H]1[C@H](N(C)CC(=O)NCCNC(=O)CCCOc2ccc(-n3nnc(-c4ccc5cc(N(C)C)ccc5c4)n3)cc2)C[C@H]2O[C@]1(C)n1c3ccccc3c3c4c(c5c6ccccc6n2c5c31)C(=O)NC4. The predicted octanol–water partition coefficient (Wildman–Crippen LogP) is 7.02. The highest BCUT2D eigenvalue weighted by molar-refractivity contribution is 6.31. The zero-order valence-corrected chi connectivity index (χ0v) is 40.8. The Morgan fingerprint density at radius 2 is 1.58 bits per heavy atom. The Bertz CT molecular complexity index is 3640. The van der Waals surface area contributed by atoms with Gasteiger partial charge in [-0.15, -0.1) is 15.0 Å². The van der Waals surface area contributed by atoms with Crippen LogP contribution in [0, 0.1) is 0 Å². The standard InChI is InChI=1S/C55H55N11O6/c1-55-52(70-5)43(29-46(72-55)64-41-13-8-6-11-38(41)48-49-40(30-58-54(49)69)47-39-12-7-9-14-42(39)65(55)51(47)50(48)64)63(4)31-45(68)57-25-24-56-44(67)15-10-26-71-37-22-20-35(21-23-37)66-60-53(59-61-66)34-17-16-33-28-36(62(2)3)19-18-32(33)27-34/h6-9,11-14,16-23,27-28,43,46,52H,10,15,24-26,29-31H2,1-5H3,(H,56,67)(H,57,68)(H,58,69)/t43-,46-,52-,55+/m1/s1. The highest BCUT2D eigenvalue weighted by Gasteiger charge is 2.54. The van der Waals surface area contributed by atoms with E-state index in [0.29, 0.717) is 44.1 Å². The number of rotatable bonds is 15. The number of ether oxygens (including phenoxy) is 3. The van der Waals surface area contributed by atoms with Gasteiger partial charge in [-0.2, -0.15) is 0 Å². The first-order chi connectivity index (χ1) is 35.0. The van der Waals surface area contributed by atoms with Crippen LogP contribution in [0.25, 0.3) is 71.5 Å². The molecule has 6 aromatic carbocycles.